The van der Waals surface area contributed by atoms with Crippen molar-refractivity contribution in [3.05, 3.63) is 34.2 Å². The lowest BCUT2D eigenvalue weighted by molar-refractivity contribution is 0.0447. The molecule has 7 rings (SSSR count). The average molecular weight is 623 g/mol. The van der Waals surface area contributed by atoms with Crippen LogP contribution in [0.15, 0.2) is 12.1 Å². The fraction of sp³-hybridized carbons (Fsp3) is 0.545. The number of aliphatic hydroxyl groups is 1. The van der Waals surface area contributed by atoms with Gasteiger partial charge in [-0.15, -0.1) is 0 Å². The highest BCUT2D eigenvalue weighted by Gasteiger charge is 2.49. The third-order valence-electron chi connectivity index (χ3n) is 9.59. The summed E-state index contributed by atoms with van der Waals surface area (Å²) in [6, 6.07) is 3.40. The summed E-state index contributed by atoms with van der Waals surface area (Å²) in [5.41, 5.74) is 6.99. The molecule has 0 unspecified atom stereocenters. The molecule has 44 heavy (non-hydrogen) atoms. The lowest BCUT2D eigenvalue weighted by Gasteiger charge is -2.38. The van der Waals surface area contributed by atoms with E-state index in [4.69, 9.17) is 32.0 Å². The van der Waals surface area contributed by atoms with Crippen LogP contribution in [-0.2, 0) is 0 Å². The minimum atomic E-state index is -0.958. The van der Waals surface area contributed by atoms with Crippen molar-refractivity contribution in [2.75, 3.05) is 43.4 Å². The van der Waals surface area contributed by atoms with Crippen molar-refractivity contribution in [1.29, 1.82) is 0 Å². The summed E-state index contributed by atoms with van der Waals surface area (Å²) >= 11 is 6.66. The highest BCUT2D eigenvalue weighted by atomic mass is 35.5. The highest BCUT2D eigenvalue weighted by molar-refractivity contribution is 6.32. The number of anilines is 2. The number of hydrogen-bond acceptors (Lipinski definition) is 8. The molecule has 8 nitrogen and oxygen atoms in total. The van der Waals surface area contributed by atoms with Crippen molar-refractivity contribution in [1.82, 2.24) is 19.9 Å². The van der Waals surface area contributed by atoms with Crippen LogP contribution in [0.3, 0.4) is 0 Å². The largest absolute Gasteiger partial charge is 0.461 e. The number of β-amino-alcohol motifs (C(OH)–C–C–N with tert-alkyl or cyclic N) is 1. The van der Waals surface area contributed by atoms with E-state index in [1.54, 1.807) is 26.0 Å². The minimum absolute atomic E-state index is 0.000677. The Morgan fingerprint density at radius 3 is 2.73 bits per heavy atom. The maximum atomic E-state index is 16.9. The van der Waals surface area contributed by atoms with Crippen LogP contribution in [-0.4, -0.2) is 75.1 Å². The van der Waals surface area contributed by atoms with Gasteiger partial charge in [-0.2, -0.15) is 9.97 Å². The Bertz CT molecular complexity index is 1700. The molecule has 0 spiro atoms. The van der Waals surface area contributed by atoms with Gasteiger partial charge in [0, 0.05) is 42.3 Å². The van der Waals surface area contributed by atoms with Gasteiger partial charge in [-0.3, -0.25) is 4.90 Å². The number of aromatic nitrogens is 3. The summed E-state index contributed by atoms with van der Waals surface area (Å²) in [6.07, 6.45) is 4.53. The van der Waals surface area contributed by atoms with Gasteiger partial charge in [-0.1, -0.05) is 17.5 Å². The van der Waals surface area contributed by atoms with Gasteiger partial charge in [-0.05, 0) is 88.5 Å². The van der Waals surface area contributed by atoms with E-state index in [2.05, 4.69) is 21.7 Å². The van der Waals surface area contributed by atoms with Gasteiger partial charge in [0.1, 0.15) is 35.5 Å². The minimum Gasteiger partial charge on any atom is -0.461 e. The first-order valence-corrected chi connectivity index (χ1v) is 15.9. The van der Waals surface area contributed by atoms with Crippen LogP contribution < -0.4 is 15.4 Å². The molecule has 1 saturated carbocycles. The summed E-state index contributed by atoms with van der Waals surface area (Å²) in [4.78, 5) is 18.3. The number of piperidine rings is 1. The number of halogens is 3. The highest BCUT2D eigenvalue weighted by Crippen LogP contribution is 2.49. The Morgan fingerprint density at radius 1 is 1.18 bits per heavy atom. The molecule has 4 aliphatic rings. The van der Waals surface area contributed by atoms with Crippen LogP contribution in [0.5, 0.6) is 6.01 Å². The third kappa shape index (κ3) is 5.23. The van der Waals surface area contributed by atoms with Crippen molar-refractivity contribution in [2.24, 2.45) is 0 Å². The number of ether oxygens (including phenoxy) is 1. The Labute approximate surface area is 261 Å². The number of fused-ring (bicyclic) bond motifs is 2. The summed E-state index contributed by atoms with van der Waals surface area (Å²) in [7, 11) is 0. The van der Waals surface area contributed by atoms with Crippen molar-refractivity contribution in [3.63, 3.8) is 0 Å². The first kappa shape index (κ1) is 29.5. The zero-order chi connectivity index (χ0) is 30.8. The summed E-state index contributed by atoms with van der Waals surface area (Å²) in [5, 5.41) is 11.8. The molecule has 1 aromatic carbocycles. The number of nitrogens with zero attached hydrogens (tertiary/aromatic N) is 5. The van der Waals surface area contributed by atoms with Crippen LogP contribution in [0.1, 0.15) is 76.0 Å². The second kappa shape index (κ2) is 11.0. The van der Waals surface area contributed by atoms with Gasteiger partial charge >= 0.3 is 6.01 Å². The molecular weight excluding hydrogens is 586 g/mol. The van der Waals surface area contributed by atoms with Gasteiger partial charge in [0.2, 0.25) is 0 Å². The van der Waals surface area contributed by atoms with Crippen LogP contribution in [0, 0.1) is 17.7 Å². The number of benzene rings is 1. The summed E-state index contributed by atoms with van der Waals surface area (Å²) < 4.78 is 37.7. The third-order valence-corrected chi connectivity index (χ3v) is 9.90. The molecule has 0 bridgehead atoms. The molecule has 3 N–H and O–H groups in total. The summed E-state index contributed by atoms with van der Waals surface area (Å²) in [6.45, 7) is 5.79. The number of nitrogen functional groups attached to an aromatic ring is 1. The van der Waals surface area contributed by atoms with Crippen molar-refractivity contribution < 1.29 is 18.6 Å². The Hall–Kier alpha value is -3.26. The quantitative estimate of drug-likeness (QED) is 0.270. The van der Waals surface area contributed by atoms with E-state index in [0.29, 0.717) is 65.6 Å². The zero-order valence-corrected chi connectivity index (χ0v) is 25.9. The van der Waals surface area contributed by atoms with Crippen LogP contribution >= 0.6 is 11.6 Å². The SMILES string of the molecule is CC#Cc1nc(-c2cc(N)cc(Cl)c2C2CC2)c(F)c2nc(OC[C@@]34CCCN3C[C@H](F)C4)nc(N3CCC[C@@](C)(O)C3)c12. The Kier molecular flexibility index (Phi) is 7.34. The molecule has 3 atom stereocenters. The normalized spacial score (nSPS) is 27.0. The van der Waals surface area contributed by atoms with E-state index in [1.165, 1.54) is 0 Å². The van der Waals surface area contributed by atoms with E-state index in [-0.39, 0.29) is 29.7 Å². The van der Waals surface area contributed by atoms with Crippen LogP contribution in [0.2, 0.25) is 5.02 Å². The first-order valence-electron chi connectivity index (χ1n) is 15.5. The van der Waals surface area contributed by atoms with Gasteiger partial charge < -0.3 is 20.5 Å². The topological polar surface area (TPSA) is 101 Å². The van der Waals surface area contributed by atoms with E-state index in [9.17, 15) is 9.50 Å². The Morgan fingerprint density at radius 2 is 1.98 bits per heavy atom. The first-order chi connectivity index (χ1) is 21.1. The standard InChI is InChI=1S/C33H37ClF2N6O2/c1-3-6-24-26-29(27(36)28(38-24)22-13-21(37)14-23(34)25(22)19-7-8-19)39-31(40-30(26)41-11-4-9-32(2,43)17-41)44-18-33-10-5-12-42(33)16-20(35)15-33/h13-14,19-20,43H,4-5,7-12,15-18,37H2,1-2H3/t20-,32-,33+/m1/s1. The Balaban J connectivity index is 1.41. The van der Waals surface area contributed by atoms with Gasteiger partial charge in [0.25, 0.3) is 0 Å². The fourth-order valence-corrected chi connectivity index (χ4v) is 7.87. The van der Waals surface area contributed by atoms with Crippen molar-refractivity contribution in [3.8, 4) is 29.1 Å². The predicted octanol–water partition coefficient (Wildman–Crippen LogP) is 5.62. The van der Waals surface area contributed by atoms with Crippen molar-refractivity contribution in [2.45, 2.75) is 82.0 Å². The molecule has 5 heterocycles. The number of rotatable bonds is 6. The molecule has 232 valence electrons. The van der Waals surface area contributed by atoms with Crippen molar-refractivity contribution >= 4 is 34.0 Å². The predicted molar refractivity (Wildman–Crippen MR) is 167 cm³/mol. The molecule has 2 aromatic heterocycles. The van der Waals surface area contributed by atoms with E-state index < -0.39 is 23.1 Å². The van der Waals surface area contributed by atoms with E-state index in [1.807, 2.05) is 4.90 Å². The van der Waals surface area contributed by atoms with Gasteiger partial charge in [-0.25, -0.2) is 13.8 Å². The van der Waals surface area contributed by atoms with E-state index in [0.717, 1.165) is 44.2 Å². The second-order valence-electron chi connectivity index (χ2n) is 13.2. The molecular formula is C33H37ClF2N6O2. The van der Waals surface area contributed by atoms with Gasteiger partial charge in [0.15, 0.2) is 5.82 Å². The fourth-order valence-electron chi connectivity index (χ4n) is 7.49. The number of nitrogens with two attached hydrogens (primary N) is 1. The lowest BCUT2D eigenvalue weighted by Crippen LogP contribution is -2.46. The van der Waals surface area contributed by atoms with Gasteiger partial charge in [0.05, 0.1) is 16.5 Å². The number of alkyl halides is 1. The average Bonchev–Trinajstić information content (AvgIpc) is 3.65. The molecule has 1 aliphatic carbocycles. The molecule has 11 heteroatoms. The second-order valence-corrected chi connectivity index (χ2v) is 13.6. The molecule has 4 fully saturated rings. The zero-order valence-electron chi connectivity index (χ0n) is 25.1. The number of pyridine rings is 1. The maximum Gasteiger partial charge on any atom is 0.319 e. The van der Waals surface area contributed by atoms with Crippen LogP contribution in [0.4, 0.5) is 20.3 Å². The molecule has 0 amide bonds. The lowest BCUT2D eigenvalue weighted by atomic mass is 9.94. The molecule has 3 aliphatic heterocycles. The number of hydrogen-bond donors (Lipinski definition) is 2. The summed E-state index contributed by atoms with van der Waals surface area (Å²) in [5.74, 6) is 5.94. The maximum absolute atomic E-state index is 16.9. The monoisotopic (exact) mass is 622 g/mol. The van der Waals surface area contributed by atoms with Crippen LogP contribution in [0.25, 0.3) is 22.2 Å². The molecule has 3 aromatic rings. The molecule has 0 radical (unpaired) electrons. The molecule has 3 saturated heterocycles. The smallest absolute Gasteiger partial charge is 0.319 e. The van der Waals surface area contributed by atoms with E-state index >= 15 is 4.39 Å².